The van der Waals surface area contributed by atoms with Crippen LogP contribution in [0.15, 0.2) is 103 Å². The standard InChI is InChI=1S/C31H26F3IN4O3/c1-41-23-14-12-22(13-15-23)30(20-8-4-2-5-9-20,21-10-6-3-7-11-21)38-27-25-17-16-24(39(25)37-19-36-27)26-31(33,34)28(40)29(32,18-35)42-26/h2-17,19,26,28,40H,18H2,1H3,(H,36,37,38)/t26-,28+,29+/m0/s1. The van der Waals surface area contributed by atoms with Gasteiger partial charge in [-0.2, -0.15) is 5.10 Å². The molecular weight excluding hydrogens is 660 g/mol. The molecule has 3 heterocycles. The number of aliphatic hydroxyl groups excluding tert-OH is 1. The van der Waals surface area contributed by atoms with Crippen LogP contribution in [0.5, 0.6) is 5.75 Å². The summed E-state index contributed by atoms with van der Waals surface area (Å²) in [7, 11) is 1.60. The molecule has 6 rings (SSSR count). The number of halogens is 4. The molecular formula is C31H26F3IN4O3. The largest absolute Gasteiger partial charge is 0.497 e. The summed E-state index contributed by atoms with van der Waals surface area (Å²) in [5.41, 5.74) is 1.90. The molecule has 1 aliphatic heterocycles. The third kappa shape index (κ3) is 4.50. The molecule has 0 bridgehead atoms. The van der Waals surface area contributed by atoms with E-state index in [-0.39, 0.29) is 5.69 Å². The van der Waals surface area contributed by atoms with E-state index >= 15 is 13.2 Å². The van der Waals surface area contributed by atoms with Crippen LogP contribution in [0.2, 0.25) is 0 Å². The van der Waals surface area contributed by atoms with Crippen LogP contribution in [-0.2, 0) is 10.3 Å². The summed E-state index contributed by atoms with van der Waals surface area (Å²) < 4.78 is 56.8. The second-order valence-corrected chi connectivity index (χ2v) is 10.8. The average molecular weight is 686 g/mol. The number of hydrogen-bond donors (Lipinski definition) is 2. The number of aromatic nitrogens is 3. The van der Waals surface area contributed by atoms with Gasteiger partial charge in [0.25, 0.3) is 5.85 Å². The fraction of sp³-hybridized carbons (Fsp3) is 0.226. The van der Waals surface area contributed by atoms with E-state index in [1.807, 2.05) is 84.9 Å². The molecule has 1 saturated heterocycles. The maximum atomic E-state index is 15.2. The Morgan fingerprint density at radius 3 is 2.07 bits per heavy atom. The molecule has 0 radical (unpaired) electrons. The van der Waals surface area contributed by atoms with Gasteiger partial charge >= 0.3 is 5.92 Å². The Balaban J connectivity index is 1.54. The molecule has 42 heavy (non-hydrogen) atoms. The van der Waals surface area contributed by atoms with Gasteiger partial charge in [-0.15, -0.1) is 0 Å². The molecule has 11 heteroatoms. The van der Waals surface area contributed by atoms with Crippen LogP contribution in [0.25, 0.3) is 5.52 Å². The second-order valence-electron chi connectivity index (χ2n) is 9.99. The first kappa shape index (κ1) is 28.4. The molecule has 1 fully saturated rings. The Morgan fingerprint density at radius 2 is 1.52 bits per heavy atom. The number of nitrogens with one attached hydrogen (secondary N) is 1. The van der Waals surface area contributed by atoms with Gasteiger partial charge in [-0.05, 0) is 41.0 Å². The molecule has 216 valence electrons. The van der Waals surface area contributed by atoms with Crippen molar-refractivity contribution in [2.75, 3.05) is 16.9 Å². The van der Waals surface area contributed by atoms with Gasteiger partial charge in [0.05, 0.1) is 17.2 Å². The summed E-state index contributed by atoms with van der Waals surface area (Å²) >= 11 is 1.58. The Morgan fingerprint density at radius 1 is 0.929 bits per heavy atom. The Kier molecular flexibility index (Phi) is 7.36. The van der Waals surface area contributed by atoms with E-state index in [4.69, 9.17) is 9.47 Å². The lowest BCUT2D eigenvalue weighted by molar-refractivity contribution is -0.157. The summed E-state index contributed by atoms with van der Waals surface area (Å²) in [5.74, 6) is -5.78. The van der Waals surface area contributed by atoms with Crippen LogP contribution in [0.4, 0.5) is 19.0 Å². The minimum Gasteiger partial charge on any atom is -0.497 e. The maximum Gasteiger partial charge on any atom is 0.310 e. The van der Waals surface area contributed by atoms with Gasteiger partial charge in [-0.3, -0.25) is 0 Å². The molecule has 2 N–H and O–H groups in total. The maximum absolute atomic E-state index is 15.2. The van der Waals surface area contributed by atoms with Crippen LogP contribution >= 0.6 is 22.6 Å². The highest BCUT2D eigenvalue weighted by atomic mass is 127. The lowest BCUT2D eigenvalue weighted by Crippen LogP contribution is -2.44. The van der Waals surface area contributed by atoms with Gasteiger partial charge < -0.3 is 19.9 Å². The summed E-state index contributed by atoms with van der Waals surface area (Å²) in [6, 6.07) is 30.1. The number of benzene rings is 3. The monoisotopic (exact) mass is 686 g/mol. The number of ether oxygens (including phenoxy) is 2. The number of hydrogen-bond acceptors (Lipinski definition) is 6. The Labute approximate surface area is 253 Å². The molecule has 2 aromatic heterocycles. The van der Waals surface area contributed by atoms with E-state index in [1.165, 1.54) is 16.9 Å². The van der Waals surface area contributed by atoms with Crippen molar-refractivity contribution in [1.29, 1.82) is 0 Å². The third-order valence-electron chi connectivity index (χ3n) is 7.61. The SMILES string of the molecule is COc1ccc(C(Nc2ncnn3c([C@@H]4O[C@](F)(CI)[C@@H](O)C4(F)F)ccc23)(c2ccccc2)c2ccccc2)cc1. The predicted molar refractivity (Wildman–Crippen MR) is 160 cm³/mol. The van der Waals surface area contributed by atoms with E-state index in [2.05, 4.69) is 15.4 Å². The minimum atomic E-state index is -3.90. The van der Waals surface area contributed by atoms with Crippen LogP contribution in [-0.4, -0.2) is 49.1 Å². The van der Waals surface area contributed by atoms with Gasteiger partial charge in [-0.1, -0.05) is 95.4 Å². The Hall–Kier alpha value is -3.68. The molecule has 3 aromatic carbocycles. The first-order valence-electron chi connectivity index (χ1n) is 13.1. The first-order chi connectivity index (χ1) is 20.2. The number of aliphatic hydroxyl groups is 1. The summed E-state index contributed by atoms with van der Waals surface area (Å²) in [6.45, 7) is 0. The van der Waals surface area contributed by atoms with Crippen molar-refractivity contribution in [3.8, 4) is 5.75 Å². The van der Waals surface area contributed by atoms with E-state index in [1.54, 1.807) is 35.8 Å². The molecule has 0 spiro atoms. The quantitative estimate of drug-likeness (QED) is 0.113. The normalized spacial score (nSPS) is 21.9. The lowest BCUT2D eigenvalue weighted by atomic mass is 9.77. The number of fused-ring (bicyclic) bond motifs is 1. The fourth-order valence-electron chi connectivity index (χ4n) is 5.49. The Bertz CT molecular complexity index is 1650. The highest BCUT2D eigenvalue weighted by Gasteiger charge is 2.67. The highest BCUT2D eigenvalue weighted by Crippen LogP contribution is 2.52. The number of methoxy groups -OCH3 is 1. The van der Waals surface area contributed by atoms with Crippen molar-refractivity contribution in [1.82, 2.24) is 14.6 Å². The van der Waals surface area contributed by atoms with Crippen molar-refractivity contribution < 1.29 is 27.8 Å². The highest BCUT2D eigenvalue weighted by molar-refractivity contribution is 14.1. The lowest BCUT2D eigenvalue weighted by Gasteiger charge is -2.37. The zero-order valence-corrected chi connectivity index (χ0v) is 24.5. The van der Waals surface area contributed by atoms with E-state index in [9.17, 15) is 5.11 Å². The zero-order chi connectivity index (χ0) is 29.5. The smallest absolute Gasteiger partial charge is 0.310 e. The number of nitrogens with zero attached hydrogens (tertiary/aromatic N) is 3. The van der Waals surface area contributed by atoms with Crippen molar-refractivity contribution in [2.24, 2.45) is 0 Å². The second kappa shape index (κ2) is 10.9. The molecule has 0 unspecified atom stereocenters. The van der Waals surface area contributed by atoms with E-state index in [0.717, 1.165) is 16.7 Å². The van der Waals surface area contributed by atoms with Gasteiger partial charge in [-0.25, -0.2) is 22.7 Å². The zero-order valence-electron chi connectivity index (χ0n) is 22.3. The predicted octanol–water partition coefficient (Wildman–Crippen LogP) is 6.31. The van der Waals surface area contributed by atoms with Crippen LogP contribution in [0.1, 0.15) is 28.5 Å². The van der Waals surface area contributed by atoms with Crippen LogP contribution < -0.4 is 10.1 Å². The number of alkyl halides is 4. The van der Waals surface area contributed by atoms with Gasteiger partial charge in [0.1, 0.15) is 23.1 Å². The molecule has 0 saturated carbocycles. The van der Waals surface area contributed by atoms with Crippen LogP contribution in [0.3, 0.4) is 0 Å². The van der Waals surface area contributed by atoms with E-state index in [0.29, 0.717) is 17.1 Å². The number of anilines is 1. The summed E-state index contributed by atoms with van der Waals surface area (Å²) in [6.07, 6.45) is -3.46. The number of rotatable bonds is 8. The first-order valence-corrected chi connectivity index (χ1v) is 14.6. The summed E-state index contributed by atoms with van der Waals surface area (Å²) in [5, 5.41) is 18.0. The van der Waals surface area contributed by atoms with Crippen molar-refractivity contribution >= 4 is 33.9 Å². The van der Waals surface area contributed by atoms with Crippen LogP contribution in [0, 0.1) is 0 Å². The van der Waals surface area contributed by atoms with Crippen molar-refractivity contribution in [2.45, 2.75) is 29.5 Å². The molecule has 1 aliphatic rings. The fourth-order valence-corrected chi connectivity index (χ4v) is 6.09. The van der Waals surface area contributed by atoms with Gasteiger partial charge in [0, 0.05) is 0 Å². The third-order valence-corrected chi connectivity index (χ3v) is 8.65. The molecule has 0 amide bonds. The molecule has 7 nitrogen and oxygen atoms in total. The molecule has 5 aromatic rings. The molecule has 3 atom stereocenters. The van der Waals surface area contributed by atoms with Crippen molar-refractivity contribution in [3.63, 3.8) is 0 Å². The average Bonchev–Trinajstić information content (AvgIpc) is 3.54. The van der Waals surface area contributed by atoms with Gasteiger partial charge in [0.15, 0.2) is 18.0 Å². The van der Waals surface area contributed by atoms with E-state index < -0.39 is 34.0 Å². The molecule has 0 aliphatic carbocycles. The summed E-state index contributed by atoms with van der Waals surface area (Å²) in [4.78, 5) is 4.52. The minimum absolute atomic E-state index is 0.113. The topological polar surface area (TPSA) is 80.9 Å². The van der Waals surface area contributed by atoms with Gasteiger partial charge in [0.2, 0.25) is 0 Å². The van der Waals surface area contributed by atoms with Crippen molar-refractivity contribution in [3.05, 3.63) is 126 Å².